The standard InChI is InChI=1S/C12H14N4/c1-8-4-5-14-7-10(8)11-9(2)6-15-12(13-3)16-11/h4-7H,1-3H3,(H,13,15,16). The van der Waals surface area contributed by atoms with E-state index < -0.39 is 0 Å². The fourth-order valence-corrected chi connectivity index (χ4v) is 1.55. The van der Waals surface area contributed by atoms with Crippen LogP contribution in [0.3, 0.4) is 0 Å². The van der Waals surface area contributed by atoms with Crippen molar-refractivity contribution in [3.8, 4) is 11.3 Å². The van der Waals surface area contributed by atoms with E-state index in [0.29, 0.717) is 5.95 Å². The van der Waals surface area contributed by atoms with E-state index in [1.807, 2.05) is 32.4 Å². The van der Waals surface area contributed by atoms with Gasteiger partial charge >= 0.3 is 0 Å². The zero-order chi connectivity index (χ0) is 11.5. The lowest BCUT2D eigenvalue weighted by Gasteiger charge is -2.08. The first-order valence-corrected chi connectivity index (χ1v) is 5.14. The van der Waals surface area contributed by atoms with Crippen LogP contribution in [0.4, 0.5) is 5.95 Å². The smallest absolute Gasteiger partial charge is 0.222 e. The third kappa shape index (κ3) is 1.86. The second-order valence-corrected chi connectivity index (χ2v) is 3.67. The van der Waals surface area contributed by atoms with Gasteiger partial charge in [-0.1, -0.05) is 0 Å². The highest BCUT2D eigenvalue weighted by molar-refractivity contribution is 5.66. The van der Waals surface area contributed by atoms with Crippen LogP contribution < -0.4 is 5.32 Å². The molecule has 0 amide bonds. The van der Waals surface area contributed by atoms with Gasteiger partial charge in [-0.2, -0.15) is 0 Å². The number of hydrogen-bond donors (Lipinski definition) is 1. The normalized spacial score (nSPS) is 10.2. The van der Waals surface area contributed by atoms with Crippen molar-refractivity contribution in [1.29, 1.82) is 0 Å². The highest BCUT2D eigenvalue weighted by Gasteiger charge is 2.08. The van der Waals surface area contributed by atoms with Crippen LogP contribution in [0.15, 0.2) is 24.7 Å². The van der Waals surface area contributed by atoms with Crippen molar-refractivity contribution < 1.29 is 0 Å². The third-order valence-corrected chi connectivity index (χ3v) is 2.49. The summed E-state index contributed by atoms with van der Waals surface area (Å²) < 4.78 is 0. The molecule has 0 unspecified atom stereocenters. The first-order valence-electron chi connectivity index (χ1n) is 5.14. The quantitative estimate of drug-likeness (QED) is 0.832. The summed E-state index contributed by atoms with van der Waals surface area (Å²) in [6, 6.07) is 1.98. The molecule has 2 rings (SSSR count). The van der Waals surface area contributed by atoms with Crippen molar-refractivity contribution in [2.75, 3.05) is 12.4 Å². The van der Waals surface area contributed by atoms with Crippen LogP contribution in [0.1, 0.15) is 11.1 Å². The highest BCUT2D eigenvalue weighted by atomic mass is 15.1. The van der Waals surface area contributed by atoms with Gasteiger partial charge in [-0.05, 0) is 31.0 Å². The number of hydrogen-bond acceptors (Lipinski definition) is 4. The van der Waals surface area contributed by atoms with Gasteiger partial charge in [0.2, 0.25) is 5.95 Å². The summed E-state index contributed by atoms with van der Waals surface area (Å²) in [5.74, 6) is 0.629. The maximum Gasteiger partial charge on any atom is 0.222 e. The van der Waals surface area contributed by atoms with Crippen molar-refractivity contribution in [2.24, 2.45) is 0 Å². The zero-order valence-electron chi connectivity index (χ0n) is 9.65. The molecule has 0 atom stereocenters. The van der Waals surface area contributed by atoms with E-state index in [-0.39, 0.29) is 0 Å². The predicted octanol–water partition coefficient (Wildman–Crippen LogP) is 2.20. The number of anilines is 1. The molecule has 2 aromatic rings. The number of nitrogens with one attached hydrogen (secondary N) is 1. The number of rotatable bonds is 2. The Balaban J connectivity index is 2.59. The summed E-state index contributed by atoms with van der Waals surface area (Å²) in [5, 5.41) is 2.94. The summed E-state index contributed by atoms with van der Waals surface area (Å²) in [6.45, 7) is 4.05. The van der Waals surface area contributed by atoms with Crippen LogP contribution in [-0.4, -0.2) is 22.0 Å². The molecular formula is C12H14N4. The Hall–Kier alpha value is -1.97. The van der Waals surface area contributed by atoms with Crippen LogP contribution in [0.25, 0.3) is 11.3 Å². The monoisotopic (exact) mass is 214 g/mol. The molecule has 0 fully saturated rings. The largest absolute Gasteiger partial charge is 0.357 e. The van der Waals surface area contributed by atoms with E-state index in [9.17, 15) is 0 Å². The predicted molar refractivity (Wildman–Crippen MR) is 64.3 cm³/mol. The van der Waals surface area contributed by atoms with E-state index in [4.69, 9.17) is 0 Å². The van der Waals surface area contributed by atoms with Crippen molar-refractivity contribution >= 4 is 5.95 Å². The minimum Gasteiger partial charge on any atom is -0.357 e. The fourth-order valence-electron chi connectivity index (χ4n) is 1.55. The average molecular weight is 214 g/mol. The van der Waals surface area contributed by atoms with Gasteiger partial charge in [-0.15, -0.1) is 0 Å². The van der Waals surface area contributed by atoms with E-state index in [0.717, 1.165) is 16.8 Å². The van der Waals surface area contributed by atoms with E-state index in [1.54, 1.807) is 6.20 Å². The summed E-state index contributed by atoms with van der Waals surface area (Å²) in [7, 11) is 1.81. The molecule has 4 nitrogen and oxygen atoms in total. The molecule has 82 valence electrons. The average Bonchev–Trinajstić information content (AvgIpc) is 2.31. The summed E-state index contributed by atoms with van der Waals surface area (Å²) in [4.78, 5) is 12.8. The van der Waals surface area contributed by atoms with Gasteiger partial charge in [0.25, 0.3) is 0 Å². The molecule has 0 saturated carbocycles. The molecule has 0 radical (unpaired) electrons. The molecule has 0 aliphatic heterocycles. The molecule has 0 aromatic carbocycles. The van der Waals surface area contributed by atoms with Crippen LogP contribution in [0.5, 0.6) is 0 Å². The van der Waals surface area contributed by atoms with Gasteiger partial charge in [0, 0.05) is 31.2 Å². The highest BCUT2D eigenvalue weighted by Crippen LogP contribution is 2.23. The Morgan fingerprint density at radius 1 is 1.12 bits per heavy atom. The molecule has 4 heteroatoms. The lowest BCUT2D eigenvalue weighted by Crippen LogP contribution is -2.00. The Labute approximate surface area is 94.8 Å². The zero-order valence-corrected chi connectivity index (χ0v) is 9.65. The van der Waals surface area contributed by atoms with Gasteiger partial charge in [-0.3, -0.25) is 4.98 Å². The molecule has 1 N–H and O–H groups in total. The van der Waals surface area contributed by atoms with Crippen molar-refractivity contribution in [3.63, 3.8) is 0 Å². The van der Waals surface area contributed by atoms with E-state index in [2.05, 4.69) is 27.2 Å². The summed E-state index contributed by atoms with van der Waals surface area (Å²) in [6.07, 6.45) is 5.44. The van der Waals surface area contributed by atoms with Crippen molar-refractivity contribution in [1.82, 2.24) is 15.0 Å². The minimum absolute atomic E-state index is 0.629. The van der Waals surface area contributed by atoms with Gasteiger partial charge in [-0.25, -0.2) is 9.97 Å². The van der Waals surface area contributed by atoms with Gasteiger partial charge in [0.1, 0.15) is 0 Å². The molecule has 0 saturated heterocycles. The molecule has 2 heterocycles. The summed E-state index contributed by atoms with van der Waals surface area (Å²) >= 11 is 0. The van der Waals surface area contributed by atoms with Crippen molar-refractivity contribution in [2.45, 2.75) is 13.8 Å². The number of aromatic nitrogens is 3. The molecular weight excluding hydrogens is 200 g/mol. The van der Waals surface area contributed by atoms with E-state index >= 15 is 0 Å². The van der Waals surface area contributed by atoms with Crippen LogP contribution in [-0.2, 0) is 0 Å². The number of pyridine rings is 1. The lowest BCUT2D eigenvalue weighted by atomic mass is 10.1. The van der Waals surface area contributed by atoms with Crippen LogP contribution in [0.2, 0.25) is 0 Å². The van der Waals surface area contributed by atoms with Gasteiger partial charge in [0.15, 0.2) is 0 Å². The van der Waals surface area contributed by atoms with Crippen molar-refractivity contribution in [3.05, 3.63) is 35.8 Å². The molecule has 2 aromatic heterocycles. The summed E-state index contributed by atoms with van der Waals surface area (Å²) in [5.41, 5.74) is 4.21. The van der Waals surface area contributed by atoms with Gasteiger partial charge in [0.05, 0.1) is 5.69 Å². The maximum absolute atomic E-state index is 4.46. The number of aryl methyl sites for hydroxylation is 2. The third-order valence-electron chi connectivity index (χ3n) is 2.49. The second-order valence-electron chi connectivity index (χ2n) is 3.67. The molecule has 0 aliphatic carbocycles. The SMILES string of the molecule is CNc1ncc(C)c(-c2cnccc2C)n1. The Bertz CT molecular complexity index is 508. The minimum atomic E-state index is 0.629. The van der Waals surface area contributed by atoms with Gasteiger partial charge < -0.3 is 5.32 Å². The fraction of sp³-hybridized carbons (Fsp3) is 0.250. The Morgan fingerprint density at radius 3 is 2.62 bits per heavy atom. The first kappa shape index (κ1) is 10.5. The van der Waals surface area contributed by atoms with Crippen LogP contribution >= 0.6 is 0 Å². The Kier molecular flexibility index (Phi) is 2.81. The second kappa shape index (κ2) is 4.26. The topological polar surface area (TPSA) is 50.7 Å². The molecule has 0 bridgehead atoms. The lowest BCUT2D eigenvalue weighted by molar-refractivity contribution is 1.11. The molecule has 16 heavy (non-hydrogen) atoms. The van der Waals surface area contributed by atoms with E-state index in [1.165, 1.54) is 5.56 Å². The Morgan fingerprint density at radius 2 is 1.94 bits per heavy atom. The molecule has 0 spiro atoms. The van der Waals surface area contributed by atoms with Crippen LogP contribution in [0, 0.1) is 13.8 Å². The first-order chi connectivity index (χ1) is 7.72. The molecule has 0 aliphatic rings. The number of nitrogens with zero attached hydrogens (tertiary/aromatic N) is 3. The maximum atomic E-state index is 4.46.